The normalized spacial score (nSPS) is 21.8. The van der Waals surface area contributed by atoms with Gasteiger partial charge in [-0.05, 0) is 25.8 Å². The monoisotopic (exact) mass is 244 g/mol. The molecule has 1 aliphatic rings. The molecule has 0 spiro atoms. The molecule has 6 heteroatoms. The molecule has 0 saturated carbocycles. The zero-order valence-electron chi connectivity index (χ0n) is 9.82. The first-order chi connectivity index (χ1) is 8.09. The predicted octanol–water partition coefficient (Wildman–Crippen LogP) is -0.530. The lowest BCUT2D eigenvalue weighted by atomic mass is 10.0. The summed E-state index contributed by atoms with van der Waals surface area (Å²) in [4.78, 5) is 21.7. The standard InChI is InChI=1S/C11H20N2O4/c14-9(11(16)17)7-13-10(15)5-4-8-3-1-2-6-12-8/h8-9,12,14H,1-7H2,(H,13,15)(H,16,17). The Kier molecular flexibility index (Phi) is 5.93. The van der Waals surface area contributed by atoms with E-state index in [2.05, 4.69) is 10.6 Å². The molecule has 98 valence electrons. The third kappa shape index (κ3) is 5.65. The maximum Gasteiger partial charge on any atom is 0.334 e. The van der Waals surface area contributed by atoms with E-state index in [0.29, 0.717) is 12.5 Å². The van der Waals surface area contributed by atoms with E-state index in [1.807, 2.05) is 0 Å². The quantitative estimate of drug-likeness (QED) is 0.503. The van der Waals surface area contributed by atoms with E-state index < -0.39 is 12.1 Å². The van der Waals surface area contributed by atoms with Crippen molar-refractivity contribution in [3.05, 3.63) is 0 Å². The van der Waals surface area contributed by atoms with Crippen molar-refractivity contribution in [1.29, 1.82) is 0 Å². The minimum atomic E-state index is -1.52. The van der Waals surface area contributed by atoms with Gasteiger partial charge in [-0.15, -0.1) is 0 Å². The summed E-state index contributed by atoms with van der Waals surface area (Å²) in [6, 6.07) is 0.388. The van der Waals surface area contributed by atoms with Crippen molar-refractivity contribution in [1.82, 2.24) is 10.6 Å². The molecule has 1 rings (SSSR count). The molecule has 1 heterocycles. The number of carboxylic acid groups (broad SMARTS) is 1. The highest BCUT2D eigenvalue weighted by Gasteiger charge is 2.16. The summed E-state index contributed by atoms with van der Waals surface area (Å²) in [5.41, 5.74) is 0. The minimum absolute atomic E-state index is 0.210. The minimum Gasteiger partial charge on any atom is -0.479 e. The Labute approximate surface area is 100 Å². The number of aliphatic hydroxyl groups is 1. The van der Waals surface area contributed by atoms with E-state index in [1.54, 1.807) is 0 Å². The average molecular weight is 244 g/mol. The Morgan fingerprint density at radius 2 is 2.18 bits per heavy atom. The van der Waals surface area contributed by atoms with Gasteiger partial charge >= 0.3 is 5.97 Å². The maximum atomic E-state index is 11.4. The van der Waals surface area contributed by atoms with E-state index in [1.165, 1.54) is 12.8 Å². The number of aliphatic hydroxyl groups excluding tert-OH is 1. The molecule has 1 fully saturated rings. The average Bonchev–Trinajstić information content (AvgIpc) is 2.34. The van der Waals surface area contributed by atoms with Crippen LogP contribution in [0, 0.1) is 0 Å². The van der Waals surface area contributed by atoms with Crippen LogP contribution >= 0.6 is 0 Å². The molecule has 4 N–H and O–H groups in total. The number of piperidine rings is 1. The number of aliphatic carboxylic acids is 1. The number of hydrogen-bond acceptors (Lipinski definition) is 4. The van der Waals surface area contributed by atoms with Crippen molar-refractivity contribution < 1.29 is 19.8 Å². The predicted molar refractivity (Wildman–Crippen MR) is 61.5 cm³/mol. The first-order valence-corrected chi connectivity index (χ1v) is 6.00. The van der Waals surface area contributed by atoms with Gasteiger partial charge in [-0.2, -0.15) is 0 Å². The summed E-state index contributed by atoms with van der Waals surface area (Å²) in [5, 5.41) is 23.1. The summed E-state index contributed by atoms with van der Waals surface area (Å²) >= 11 is 0. The summed E-state index contributed by atoms with van der Waals surface area (Å²) in [6.45, 7) is 0.774. The summed E-state index contributed by atoms with van der Waals surface area (Å²) < 4.78 is 0. The molecule has 17 heavy (non-hydrogen) atoms. The lowest BCUT2D eigenvalue weighted by Gasteiger charge is -2.23. The van der Waals surface area contributed by atoms with Crippen LogP contribution in [0.3, 0.4) is 0 Å². The van der Waals surface area contributed by atoms with Crippen LogP contribution in [0.15, 0.2) is 0 Å². The van der Waals surface area contributed by atoms with Gasteiger partial charge in [0, 0.05) is 12.5 Å². The first-order valence-electron chi connectivity index (χ1n) is 6.00. The summed E-state index contributed by atoms with van der Waals surface area (Å²) in [5.74, 6) is -1.53. The van der Waals surface area contributed by atoms with E-state index >= 15 is 0 Å². The molecule has 0 aromatic rings. The molecule has 6 nitrogen and oxygen atoms in total. The second-order valence-electron chi connectivity index (χ2n) is 4.34. The summed E-state index contributed by atoms with van der Waals surface area (Å²) in [7, 11) is 0. The third-order valence-corrected chi connectivity index (χ3v) is 2.91. The Balaban J connectivity index is 2.10. The maximum absolute atomic E-state index is 11.4. The van der Waals surface area contributed by atoms with E-state index in [0.717, 1.165) is 19.4 Å². The van der Waals surface area contributed by atoms with E-state index in [9.17, 15) is 9.59 Å². The molecule has 0 aliphatic carbocycles. The van der Waals surface area contributed by atoms with Crippen LogP contribution in [-0.4, -0.2) is 47.3 Å². The van der Waals surface area contributed by atoms with Crippen molar-refractivity contribution in [2.24, 2.45) is 0 Å². The number of carboxylic acids is 1. The van der Waals surface area contributed by atoms with Gasteiger partial charge in [0.05, 0.1) is 6.54 Å². The molecule has 2 unspecified atom stereocenters. The molecule has 0 radical (unpaired) electrons. The largest absolute Gasteiger partial charge is 0.479 e. The van der Waals surface area contributed by atoms with Gasteiger partial charge in [-0.25, -0.2) is 4.79 Å². The second-order valence-corrected chi connectivity index (χ2v) is 4.34. The van der Waals surface area contributed by atoms with Gasteiger partial charge in [0.25, 0.3) is 0 Å². The summed E-state index contributed by atoms with van der Waals surface area (Å²) in [6.07, 6.45) is 3.07. The highest BCUT2D eigenvalue weighted by Crippen LogP contribution is 2.11. The van der Waals surface area contributed by atoms with Crippen LogP contribution in [0.25, 0.3) is 0 Å². The van der Waals surface area contributed by atoms with Gasteiger partial charge in [0.1, 0.15) is 0 Å². The molecular weight excluding hydrogens is 224 g/mol. The molecule has 0 bridgehead atoms. The number of rotatable bonds is 6. The highest BCUT2D eigenvalue weighted by molar-refractivity contribution is 5.77. The van der Waals surface area contributed by atoms with Gasteiger partial charge < -0.3 is 20.8 Å². The fraction of sp³-hybridized carbons (Fsp3) is 0.818. The molecule has 1 aliphatic heterocycles. The van der Waals surface area contributed by atoms with Crippen LogP contribution < -0.4 is 10.6 Å². The smallest absolute Gasteiger partial charge is 0.334 e. The van der Waals surface area contributed by atoms with Crippen molar-refractivity contribution >= 4 is 11.9 Å². The van der Waals surface area contributed by atoms with Gasteiger partial charge in [0.15, 0.2) is 6.10 Å². The van der Waals surface area contributed by atoms with Crippen molar-refractivity contribution in [2.75, 3.05) is 13.1 Å². The van der Waals surface area contributed by atoms with Crippen molar-refractivity contribution in [2.45, 2.75) is 44.2 Å². The van der Waals surface area contributed by atoms with Gasteiger partial charge in [-0.1, -0.05) is 6.42 Å². The lowest BCUT2D eigenvalue weighted by Crippen LogP contribution is -2.38. The Morgan fingerprint density at radius 3 is 2.76 bits per heavy atom. The third-order valence-electron chi connectivity index (χ3n) is 2.91. The fourth-order valence-electron chi connectivity index (χ4n) is 1.86. The Bertz CT molecular complexity index is 264. The van der Waals surface area contributed by atoms with Gasteiger partial charge in [0.2, 0.25) is 5.91 Å². The van der Waals surface area contributed by atoms with Crippen LogP contribution in [0.5, 0.6) is 0 Å². The van der Waals surface area contributed by atoms with Crippen LogP contribution in [0.2, 0.25) is 0 Å². The second kappa shape index (κ2) is 7.24. The SMILES string of the molecule is O=C(CCC1CCCCN1)NCC(O)C(=O)O. The number of hydrogen-bond donors (Lipinski definition) is 4. The zero-order chi connectivity index (χ0) is 12.7. The number of carbonyl (C=O) groups is 2. The molecule has 0 aromatic carbocycles. The molecule has 1 saturated heterocycles. The van der Waals surface area contributed by atoms with Gasteiger partial charge in [-0.3, -0.25) is 4.79 Å². The van der Waals surface area contributed by atoms with E-state index in [4.69, 9.17) is 10.2 Å². The first kappa shape index (κ1) is 13.9. The number of amides is 1. The topological polar surface area (TPSA) is 98.7 Å². The Hall–Kier alpha value is -1.14. The Morgan fingerprint density at radius 1 is 1.41 bits per heavy atom. The van der Waals surface area contributed by atoms with E-state index in [-0.39, 0.29) is 12.5 Å². The fourth-order valence-corrected chi connectivity index (χ4v) is 1.86. The van der Waals surface area contributed by atoms with Crippen LogP contribution in [0.1, 0.15) is 32.1 Å². The van der Waals surface area contributed by atoms with Crippen LogP contribution in [0.4, 0.5) is 0 Å². The van der Waals surface area contributed by atoms with Crippen LogP contribution in [-0.2, 0) is 9.59 Å². The number of carbonyl (C=O) groups excluding carboxylic acids is 1. The molecule has 2 atom stereocenters. The number of nitrogens with one attached hydrogen (secondary N) is 2. The van der Waals surface area contributed by atoms with Crippen molar-refractivity contribution in [3.8, 4) is 0 Å². The zero-order valence-corrected chi connectivity index (χ0v) is 9.82. The molecular formula is C11H20N2O4. The lowest BCUT2D eigenvalue weighted by molar-refractivity contribution is -0.146. The molecule has 1 amide bonds. The van der Waals surface area contributed by atoms with Crippen molar-refractivity contribution in [3.63, 3.8) is 0 Å². The highest BCUT2D eigenvalue weighted by atomic mass is 16.4. The molecule has 0 aromatic heterocycles.